The number of anilines is 1. The fraction of sp³-hybridized carbons (Fsp3) is 0.250. The molecule has 0 radical (unpaired) electrons. The summed E-state index contributed by atoms with van der Waals surface area (Å²) in [5.41, 5.74) is 7.67. The molecule has 2 aromatic carbocycles. The minimum absolute atomic E-state index is 0.713. The molecule has 0 aliphatic rings. The third-order valence-electron chi connectivity index (χ3n) is 3.03. The van der Waals surface area contributed by atoms with Crippen LogP contribution in [0.2, 0.25) is 0 Å². The van der Waals surface area contributed by atoms with Crippen molar-refractivity contribution in [2.75, 3.05) is 11.5 Å². The van der Waals surface area contributed by atoms with Crippen molar-refractivity contribution in [1.29, 1.82) is 0 Å². The predicted octanol–water partition coefficient (Wildman–Crippen LogP) is 3.40. The zero-order chi connectivity index (χ0) is 13.5. The number of benzene rings is 2. The summed E-state index contributed by atoms with van der Waals surface area (Å²) in [6.07, 6.45) is 3.11. The molecular formula is C16H19NOS. The van der Waals surface area contributed by atoms with Gasteiger partial charge in [0.25, 0.3) is 0 Å². The van der Waals surface area contributed by atoms with Gasteiger partial charge in [-0.2, -0.15) is 0 Å². The van der Waals surface area contributed by atoms with Crippen LogP contribution in [0.1, 0.15) is 18.4 Å². The Morgan fingerprint density at radius 2 is 1.58 bits per heavy atom. The van der Waals surface area contributed by atoms with Gasteiger partial charge in [0.05, 0.1) is 10.8 Å². The Balaban J connectivity index is 1.74. The van der Waals surface area contributed by atoms with Gasteiger partial charge in [-0.1, -0.05) is 30.3 Å². The lowest BCUT2D eigenvalue weighted by atomic mass is 10.1. The van der Waals surface area contributed by atoms with Crippen molar-refractivity contribution < 1.29 is 4.21 Å². The van der Waals surface area contributed by atoms with Crippen LogP contribution in [0.5, 0.6) is 0 Å². The zero-order valence-corrected chi connectivity index (χ0v) is 11.7. The number of hydrogen-bond donors (Lipinski definition) is 1. The first-order valence-electron chi connectivity index (χ1n) is 6.53. The van der Waals surface area contributed by atoms with E-state index in [0.29, 0.717) is 5.69 Å². The fourth-order valence-corrected chi connectivity index (χ4v) is 3.09. The summed E-state index contributed by atoms with van der Waals surface area (Å²) in [6.45, 7) is 0. The van der Waals surface area contributed by atoms with Crippen LogP contribution in [0.3, 0.4) is 0 Å². The predicted molar refractivity (Wildman–Crippen MR) is 81.5 cm³/mol. The van der Waals surface area contributed by atoms with Crippen LogP contribution in [0.25, 0.3) is 0 Å². The van der Waals surface area contributed by atoms with Crippen LogP contribution >= 0.6 is 0 Å². The molecule has 0 heterocycles. The largest absolute Gasteiger partial charge is 0.399 e. The quantitative estimate of drug-likeness (QED) is 0.647. The van der Waals surface area contributed by atoms with Gasteiger partial charge in [0.1, 0.15) is 0 Å². The first-order valence-corrected chi connectivity index (χ1v) is 7.85. The summed E-state index contributed by atoms with van der Waals surface area (Å²) in [5.74, 6) is 0.719. The smallest absolute Gasteiger partial charge is 0.0529 e. The lowest BCUT2D eigenvalue weighted by molar-refractivity contribution is 0.677. The van der Waals surface area contributed by atoms with Crippen LogP contribution in [-0.2, 0) is 17.2 Å². The van der Waals surface area contributed by atoms with Crippen LogP contribution < -0.4 is 5.73 Å². The SMILES string of the molecule is Nc1ccc(S(=O)CCCCc2ccccc2)cc1. The Kier molecular flexibility index (Phi) is 5.16. The molecule has 0 aliphatic heterocycles. The number of rotatable bonds is 6. The maximum absolute atomic E-state index is 12.0. The minimum atomic E-state index is -0.905. The van der Waals surface area contributed by atoms with E-state index in [0.717, 1.165) is 29.9 Å². The molecule has 0 aromatic heterocycles. The number of nitrogens with two attached hydrogens (primary N) is 1. The Hall–Kier alpha value is -1.61. The fourth-order valence-electron chi connectivity index (χ4n) is 1.94. The molecule has 0 amide bonds. The van der Waals surface area contributed by atoms with E-state index in [2.05, 4.69) is 24.3 Å². The van der Waals surface area contributed by atoms with Gasteiger partial charge in [-0.15, -0.1) is 0 Å². The highest BCUT2D eigenvalue weighted by atomic mass is 32.2. The van der Waals surface area contributed by atoms with Gasteiger partial charge in [-0.3, -0.25) is 4.21 Å². The van der Waals surface area contributed by atoms with Crippen LogP contribution in [0, 0.1) is 0 Å². The summed E-state index contributed by atoms with van der Waals surface area (Å²) in [5, 5.41) is 0. The molecule has 3 heteroatoms. The van der Waals surface area contributed by atoms with Crippen LogP contribution in [0.15, 0.2) is 59.5 Å². The van der Waals surface area contributed by atoms with E-state index in [1.165, 1.54) is 5.56 Å². The Morgan fingerprint density at radius 1 is 0.895 bits per heavy atom. The van der Waals surface area contributed by atoms with Gasteiger partial charge in [0.2, 0.25) is 0 Å². The molecule has 0 saturated carbocycles. The normalized spacial score (nSPS) is 12.2. The molecule has 2 nitrogen and oxygen atoms in total. The molecule has 1 atom stereocenters. The highest BCUT2D eigenvalue weighted by Crippen LogP contribution is 2.12. The maximum Gasteiger partial charge on any atom is 0.0529 e. The maximum atomic E-state index is 12.0. The minimum Gasteiger partial charge on any atom is -0.399 e. The second kappa shape index (κ2) is 7.10. The summed E-state index contributed by atoms with van der Waals surface area (Å²) in [6, 6.07) is 17.7. The van der Waals surface area contributed by atoms with E-state index in [4.69, 9.17) is 5.73 Å². The van der Waals surface area contributed by atoms with E-state index in [-0.39, 0.29) is 0 Å². The summed E-state index contributed by atoms with van der Waals surface area (Å²) in [4.78, 5) is 0.869. The van der Waals surface area contributed by atoms with Gasteiger partial charge in [-0.05, 0) is 49.1 Å². The molecule has 19 heavy (non-hydrogen) atoms. The van der Waals surface area contributed by atoms with Gasteiger partial charge < -0.3 is 5.73 Å². The average molecular weight is 273 g/mol. The zero-order valence-electron chi connectivity index (χ0n) is 10.9. The van der Waals surface area contributed by atoms with E-state index in [1.54, 1.807) is 12.1 Å². The average Bonchev–Trinajstić information content (AvgIpc) is 2.45. The molecule has 2 N–H and O–H groups in total. The van der Waals surface area contributed by atoms with E-state index in [1.807, 2.05) is 18.2 Å². The van der Waals surface area contributed by atoms with Crippen molar-refractivity contribution in [2.45, 2.75) is 24.2 Å². The molecule has 0 bridgehead atoms. The van der Waals surface area contributed by atoms with Crippen molar-refractivity contribution in [3.63, 3.8) is 0 Å². The molecular weight excluding hydrogens is 254 g/mol. The van der Waals surface area contributed by atoms with Crippen molar-refractivity contribution in [3.8, 4) is 0 Å². The lowest BCUT2D eigenvalue weighted by Gasteiger charge is -2.03. The second-order valence-electron chi connectivity index (χ2n) is 4.56. The number of hydrogen-bond acceptors (Lipinski definition) is 2. The van der Waals surface area contributed by atoms with Gasteiger partial charge in [0, 0.05) is 16.3 Å². The number of nitrogen functional groups attached to an aromatic ring is 1. The van der Waals surface area contributed by atoms with Crippen molar-refractivity contribution in [3.05, 3.63) is 60.2 Å². The molecule has 0 aliphatic carbocycles. The lowest BCUT2D eigenvalue weighted by Crippen LogP contribution is -1.99. The first-order chi connectivity index (χ1) is 9.25. The van der Waals surface area contributed by atoms with E-state index < -0.39 is 10.8 Å². The second-order valence-corrected chi connectivity index (χ2v) is 6.13. The monoisotopic (exact) mass is 273 g/mol. The van der Waals surface area contributed by atoms with Crippen LogP contribution in [0.4, 0.5) is 5.69 Å². The van der Waals surface area contributed by atoms with Crippen molar-refractivity contribution in [1.82, 2.24) is 0 Å². The summed E-state index contributed by atoms with van der Waals surface area (Å²) >= 11 is 0. The molecule has 0 saturated heterocycles. The number of aryl methyl sites for hydroxylation is 1. The Labute approximate surface area is 117 Å². The summed E-state index contributed by atoms with van der Waals surface area (Å²) < 4.78 is 12.0. The molecule has 100 valence electrons. The third kappa shape index (κ3) is 4.52. The van der Waals surface area contributed by atoms with Gasteiger partial charge in [-0.25, -0.2) is 0 Å². The van der Waals surface area contributed by atoms with Crippen molar-refractivity contribution >= 4 is 16.5 Å². The molecule has 0 fully saturated rings. The molecule has 1 unspecified atom stereocenters. The third-order valence-corrected chi connectivity index (χ3v) is 4.49. The number of unbranched alkanes of at least 4 members (excludes halogenated alkanes) is 1. The Bertz CT molecular complexity index is 522. The van der Waals surface area contributed by atoms with Gasteiger partial charge in [0.15, 0.2) is 0 Å². The molecule has 2 rings (SSSR count). The van der Waals surface area contributed by atoms with E-state index >= 15 is 0 Å². The van der Waals surface area contributed by atoms with Crippen molar-refractivity contribution in [2.24, 2.45) is 0 Å². The topological polar surface area (TPSA) is 43.1 Å². The van der Waals surface area contributed by atoms with Crippen LogP contribution in [-0.4, -0.2) is 9.96 Å². The highest BCUT2D eigenvalue weighted by Gasteiger charge is 2.03. The molecule has 2 aromatic rings. The molecule has 0 spiro atoms. The van der Waals surface area contributed by atoms with Gasteiger partial charge >= 0.3 is 0 Å². The first kappa shape index (κ1) is 13.8. The summed E-state index contributed by atoms with van der Waals surface area (Å²) in [7, 11) is -0.905. The standard InChI is InChI=1S/C16H19NOS/c17-15-9-11-16(12-10-15)19(18)13-5-4-8-14-6-2-1-3-7-14/h1-3,6-7,9-12H,4-5,8,13,17H2. The Morgan fingerprint density at radius 3 is 2.26 bits per heavy atom. The highest BCUT2D eigenvalue weighted by molar-refractivity contribution is 7.85. The van der Waals surface area contributed by atoms with E-state index in [9.17, 15) is 4.21 Å².